The molecule has 0 amide bonds. The summed E-state index contributed by atoms with van der Waals surface area (Å²) in [5, 5.41) is 0. The molecular formula is C10H14O. The van der Waals surface area contributed by atoms with Crippen molar-refractivity contribution in [3.63, 3.8) is 0 Å². The van der Waals surface area contributed by atoms with Gasteiger partial charge in [0.2, 0.25) is 0 Å². The summed E-state index contributed by atoms with van der Waals surface area (Å²) in [4.78, 5) is 10.7. The Balaban J connectivity index is 4.15. The number of carbonyl (C=O) groups is 1. The van der Waals surface area contributed by atoms with Crippen LogP contribution >= 0.6 is 0 Å². The molecule has 11 heavy (non-hydrogen) atoms. The number of ketones is 1. The molecule has 60 valence electrons. The summed E-state index contributed by atoms with van der Waals surface area (Å²) in [6.45, 7) is 9.04. The molecule has 0 aliphatic carbocycles. The molecule has 0 aromatic heterocycles. The highest BCUT2D eigenvalue weighted by Crippen LogP contribution is 1.99. The molecule has 0 rings (SSSR count). The summed E-state index contributed by atoms with van der Waals surface area (Å²) in [5.74, 6) is 0.0187. The molecule has 0 aliphatic rings. The van der Waals surface area contributed by atoms with Crippen LogP contribution in [0.4, 0.5) is 0 Å². The van der Waals surface area contributed by atoms with Crippen LogP contribution in [0.15, 0.2) is 36.0 Å². The van der Waals surface area contributed by atoms with E-state index >= 15 is 0 Å². The predicted molar refractivity (Wildman–Crippen MR) is 48.4 cm³/mol. The maximum absolute atomic E-state index is 10.7. The Morgan fingerprint density at radius 2 is 1.82 bits per heavy atom. The van der Waals surface area contributed by atoms with E-state index in [2.05, 4.69) is 6.58 Å². The van der Waals surface area contributed by atoms with Gasteiger partial charge in [0.05, 0.1) is 0 Å². The molecule has 1 nitrogen and oxygen atoms in total. The summed E-state index contributed by atoms with van der Waals surface area (Å²) in [7, 11) is 0. The Hall–Kier alpha value is -1.11. The lowest BCUT2D eigenvalue weighted by atomic mass is 10.1. The molecule has 0 N–H and O–H groups in total. The molecule has 0 unspecified atom stereocenters. The Bertz CT molecular complexity index is 219. The standard InChI is InChI=1S/C10H14O/c1-5-8(2)6-7-9(3)10(4)11/h5-7H,3H2,1-2,4H3/b7-6-,8-5-. The molecule has 0 spiro atoms. The van der Waals surface area contributed by atoms with Crippen molar-refractivity contribution in [2.45, 2.75) is 20.8 Å². The third-order valence-corrected chi connectivity index (χ3v) is 1.45. The summed E-state index contributed by atoms with van der Waals surface area (Å²) >= 11 is 0. The largest absolute Gasteiger partial charge is 0.295 e. The Kier molecular flexibility index (Phi) is 4.20. The first kappa shape index (κ1) is 9.89. The maximum Gasteiger partial charge on any atom is 0.159 e. The van der Waals surface area contributed by atoms with E-state index in [4.69, 9.17) is 0 Å². The SMILES string of the molecule is C=C(/C=C\C(C)=C/C)C(C)=O. The predicted octanol–water partition coefficient (Wildman–Crippen LogP) is 2.65. The van der Waals surface area contributed by atoms with Gasteiger partial charge >= 0.3 is 0 Å². The van der Waals surface area contributed by atoms with Gasteiger partial charge in [-0.1, -0.05) is 30.4 Å². The fraction of sp³-hybridized carbons (Fsp3) is 0.300. The minimum absolute atomic E-state index is 0.0187. The fourth-order valence-electron chi connectivity index (χ4n) is 0.446. The first-order valence-electron chi connectivity index (χ1n) is 3.58. The van der Waals surface area contributed by atoms with E-state index in [0.717, 1.165) is 5.57 Å². The quantitative estimate of drug-likeness (QED) is 0.446. The minimum atomic E-state index is 0.0187. The van der Waals surface area contributed by atoms with Gasteiger partial charge in [0.25, 0.3) is 0 Å². The van der Waals surface area contributed by atoms with Gasteiger partial charge in [-0.3, -0.25) is 4.79 Å². The van der Waals surface area contributed by atoms with Crippen LogP contribution in [-0.2, 0) is 4.79 Å². The molecule has 0 saturated heterocycles. The molecule has 0 aliphatic heterocycles. The number of hydrogen-bond donors (Lipinski definition) is 0. The first-order chi connectivity index (χ1) is 5.07. The molecule has 0 aromatic rings. The van der Waals surface area contributed by atoms with E-state index in [0.29, 0.717) is 5.57 Å². The summed E-state index contributed by atoms with van der Waals surface area (Å²) in [6.07, 6.45) is 5.59. The van der Waals surface area contributed by atoms with Gasteiger partial charge in [0.1, 0.15) is 0 Å². The van der Waals surface area contributed by atoms with Crippen LogP contribution in [-0.4, -0.2) is 5.78 Å². The van der Waals surface area contributed by atoms with E-state index in [1.165, 1.54) is 6.92 Å². The molecule has 1 heteroatoms. The molecular weight excluding hydrogens is 136 g/mol. The van der Waals surface area contributed by atoms with Crippen LogP contribution in [0.25, 0.3) is 0 Å². The van der Waals surface area contributed by atoms with E-state index in [9.17, 15) is 4.79 Å². The lowest BCUT2D eigenvalue weighted by molar-refractivity contribution is -0.113. The van der Waals surface area contributed by atoms with Crippen molar-refractivity contribution in [3.8, 4) is 0 Å². The molecule has 0 fully saturated rings. The Morgan fingerprint density at radius 1 is 1.27 bits per heavy atom. The van der Waals surface area contributed by atoms with Gasteiger partial charge < -0.3 is 0 Å². The first-order valence-corrected chi connectivity index (χ1v) is 3.58. The van der Waals surface area contributed by atoms with Crippen LogP contribution in [0, 0.1) is 0 Å². The average molecular weight is 150 g/mol. The van der Waals surface area contributed by atoms with Crippen LogP contribution < -0.4 is 0 Å². The Labute approximate surface area is 68.1 Å². The van der Waals surface area contributed by atoms with Crippen LogP contribution in [0.2, 0.25) is 0 Å². The molecule has 0 heterocycles. The number of hydrogen-bond acceptors (Lipinski definition) is 1. The second kappa shape index (κ2) is 4.67. The van der Waals surface area contributed by atoms with Crippen molar-refractivity contribution >= 4 is 5.78 Å². The maximum atomic E-state index is 10.7. The number of Topliss-reactive ketones (excluding diaryl/α,β-unsaturated/α-hetero) is 1. The van der Waals surface area contributed by atoms with Gasteiger partial charge in [-0.2, -0.15) is 0 Å². The smallest absolute Gasteiger partial charge is 0.159 e. The fourth-order valence-corrected chi connectivity index (χ4v) is 0.446. The molecule has 0 aromatic carbocycles. The van der Waals surface area contributed by atoms with Crippen LogP contribution in [0.1, 0.15) is 20.8 Å². The topological polar surface area (TPSA) is 17.1 Å². The minimum Gasteiger partial charge on any atom is -0.295 e. The van der Waals surface area contributed by atoms with Crippen LogP contribution in [0.5, 0.6) is 0 Å². The highest BCUT2D eigenvalue weighted by atomic mass is 16.1. The van der Waals surface area contributed by atoms with Crippen molar-refractivity contribution < 1.29 is 4.79 Å². The summed E-state index contributed by atoms with van der Waals surface area (Å²) in [5.41, 5.74) is 1.68. The third kappa shape index (κ3) is 4.31. The van der Waals surface area contributed by atoms with Gasteiger partial charge in [0.15, 0.2) is 5.78 Å². The molecule has 0 radical (unpaired) electrons. The second-order valence-corrected chi connectivity index (χ2v) is 2.45. The normalized spacial score (nSPS) is 12.1. The van der Waals surface area contributed by atoms with Gasteiger partial charge in [-0.15, -0.1) is 0 Å². The van der Waals surface area contributed by atoms with E-state index in [1.807, 2.05) is 26.0 Å². The van der Waals surface area contributed by atoms with E-state index < -0.39 is 0 Å². The van der Waals surface area contributed by atoms with Gasteiger partial charge in [0, 0.05) is 5.57 Å². The van der Waals surface area contributed by atoms with Crippen LogP contribution in [0.3, 0.4) is 0 Å². The molecule has 0 saturated carbocycles. The van der Waals surface area contributed by atoms with E-state index in [1.54, 1.807) is 6.08 Å². The second-order valence-electron chi connectivity index (χ2n) is 2.45. The van der Waals surface area contributed by atoms with Crippen molar-refractivity contribution in [2.75, 3.05) is 0 Å². The zero-order chi connectivity index (χ0) is 8.85. The monoisotopic (exact) mass is 150 g/mol. The lowest BCUT2D eigenvalue weighted by Crippen LogP contribution is -1.89. The number of carbonyl (C=O) groups excluding carboxylic acids is 1. The van der Waals surface area contributed by atoms with Crippen molar-refractivity contribution in [1.82, 2.24) is 0 Å². The average Bonchev–Trinajstić information content (AvgIpc) is 1.99. The zero-order valence-electron chi connectivity index (χ0n) is 7.35. The number of rotatable bonds is 3. The van der Waals surface area contributed by atoms with E-state index in [-0.39, 0.29) is 5.78 Å². The number of allylic oxidation sites excluding steroid dienone is 5. The highest BCUT2D eigenvalue weighted by molar-refractivity contribution is 5.95. The van der Waals surface area contributed by atoms with Gasteiger partial charge in [-0.05, 0) is 20.8 Å². The Morgan fingerprint density at radius 3 is 2.18 bits per heavy atom. The molecule has 0 atom stereocenters. The lowest BCUT2D eigenvalue weighted by Gasteiger charge is -1.91. The highest BCUT2D eigenvalue weighted by Gasteiger charge is 1.92. The van der Waals surface area contributed by atoms with Crippen molar-refractivity contribution in [3.05, 3.63) is 36.0 Å². The summed E-state index contributed by atoms with van der Waals surface area (Å²) in [6, 6.07) is 0. The van der Waals surface area contributed by atoms with Gasteiger partial charge in [-0.25, -0.2) is 0 Å². The van der Waals surface area contributed by atoms with Crippen molar-refractivity contribution in [1.29, 1.82) is 0 Å². The summed E-state index contributed by atoms with van der Waals surface area (Å²) < 4.78 is 0. The van der Waals surface area contributed by atoms with Crippen molar-refractivity contribution in [2.24, 2.45) is 0 Å². The zero-order valence-corrected chi connectivity index (χ0v) is 7.35. The third-order valence-electron chi connectivity index (χ3n) is 1.45. The molecule has 0 bridgehead atoms.